The smallest absolute Gasteiger partial charge is 0.211 e. The SMILES string of the molecule is Cc1nc(SCC2CCCN(S(C)(=O)=O)C2)sc1C. The van der Waals surface area contributed by atoms with Crippen LogP contribution in [0.2, 0.25) is 0 Å². The van der Waals surface area contributed by atoms with E-state index in [1.54, 1.807) is 27.4 Å². The number of rotatable bonds is 4. The molecule has 1 aliphatic heterocycles. The Hall–Kier alpha value is -0.110. The molecule has 1 atom stereocenters. The van der Waals surface area contributed by atoms with Gasteiger partial charge < -0.3 is 0 Å². The molecular formula is C12H20N2O2S3. The minimum atomic E-state index is -3.03. The van der Waals surface area contributed by atoms with Gasteiger partial charge in [-0.25, -0.2) is 17.7 Å². The summed E-state index contributed by atoms with van der Waals surface area (Å²) < 4.78 is 25.8. The molecular weight excluding hydrogens is 300 g/mol. The number of thiazole rings is 1. The van der Waals surface area contributed by atoms with Crippen LogP contribution in [0.3, 0.4) is 0 Å². The standard InChI is InChI=1S/C12H20N2O2S3/c1-9-10(2)18-12(13-9)17-8-11-5-4-6-14(7-11)19(3,15)16/h11H,4-8H2,1-3H3. The van der Waals surface area contributed by atoms with Crippen LogP contribution in [0.1, 0.15) is 23.4 Å². The number of aromatic nitrogens is 1. The molecule has 7 heteroatoms. The Kier molecular flexibility index (Phi) is 4.92. The van der Waals surface area contributed by atoms with Crippen molar-refractivity contribution in [3.63, 3.8) is 0 Å². The predicted molar refractivity (Wildman–Crippen MR) is 81.5 cm³/mol. The van der Waals surface area contributed by atoms with Gasteiger partial charge >= 0.3 is 0 Å². The van der Waals surface area contributed by atoms with Crippen molar-refractivity contribution < 1.29 is 8.42 Å². The van der Waals surface area contributed by atoms with Crippen molar-refractivity contribution in [1.82, 2.24) is 9.29 Å². The van der Waals surface area contributed by atoms with Gasteiger partial charge in [0.1, 0.15) is 4.34 Å². The summed E-state index contributed by atoms with van der Waals surface area (Å²) in [7, 11) is -3.03. The van der Waals surface area contributed by atoms with Crippen molar-refractivity contribution in [3.8, 4) is 0 Å². The quantitative estimate of drug-likeness (QED) is 0.800. The molecule has 19 heavy (non-hydrogen) atoms. The number of sulfonamides is 1. The average Bonchev–Trinajstić information content (AvgIpc) is 2.66. The minimum Gasteiger partial charge on any atom is -0.235 e. The zero-order chi connectivity index (χ0) is 14.0. The number of piperidine rings is 1. The molecule has 0 saturated carbocycles. The molecule has 1 unspecified atom stereocenters. The summed E-state index contributed by atoms with van der Waals surface area (Å²) in [6, 6.07) is 0. The van der Waals surface area contributed by atoms with E-state index in [0.29, 0.717) is 19.0 Å². The molecule has 0 spiro atoms. The second-order valence-electron chi connectivity index (χ2n) is 5.06. The van der Waals surface area contributed by atoms with Crippen LogP contribution in [-0.2, 0) is 10.0 Å². The Labute approximate surface area is 123 Å². The maximum absolute atomic E-state index is 11.6. The second-order valence-corrected chi connectivity index (χ2v) is 9.51. The van der Waals surface area contributed by atoms with Crippen LogP contribution in [0.4, 0.5) is 0 Å². The third-order valence-corrected chi connectivity index (χ3v) is 7.12. The highest BCUT2D eigenvalue weighted by atomic mass is 32.2. The van der Waals surface area contributed by atoms with E-state index >= 15 is 0 Å². The van der Waals surface area contributed by atoms with Crippen molar-refractivity contribution in [2.24, 2.45) is 5.92 Å². The van der Waals surface area contributed by atoms with E-state index in [0.717, 1.165) is 28.6 Å². The first-order valence-corrected chi connectivity index (χ1v) is 10.0. The minimum absolute atomic E-state index is 0.443. The molecule has 1 aromatic rings. The average molecular weight is 321 g/mol. The van der Waals surface area contributed by atoms with Gasteiger partial charge in [0.25, 0.3) is 0 Å². The van der Waals surface area contributed by atoms with Crippen LogP contribution >= 0.6 is 23.1 Å². The molecule has 0 aliphatic carbocycles. The van der Waals surface area contributed by atoms with E-state index < -0.39 is 10.0 Å². The molecule has 1 aromatic heterocycles. The molecule has 4 nitrogen and oxygen atoms in total. The number of hydrogen-bond donors (Lipinski definition) is 0. The van der Waals surface area contributed by atoms with Crippen molar-refractivity contribution in [2.45, 2.75) is 31.0 Å². The lowest BCUT2D eigenvalue weighted by Gasteiger charge is -2.30. The molecule has 2 rings (SSSR count). The largest absolute Gasteiger partial charge is 0.235 e. The van der Waals surface area contributed by atoms with Gasteiger partial charge in [0.2, 0.25) is 10.0 Å². The van der Waals surface area contributed by atoms with Crippen molar-refractivity contribution in [1.29, 1.82) is 0 Å². The maximum Gasteiger partial charge on any atom is 0.211 e. The monoisotopic (exact) mass is 320 g/mol. The molecule has 0 amide bonds. The Morgan fingerprint density at radius 3 is 2.79 bits per heavy atom. The van der Waals surface area contributed by atoms with Crippen LogP contribution < -0.4 is 0 Å². The van der Waals surface area contributed by atoms with E-state index in [1.807, 2.05) is 6.92 Å². The van der Waals surface area contributed by atoms with E-state index in [1.165, 1.54) is 11.1 Å². The molecule has 0 bridgehead atoms. The van der Waals surface area contributed by atoms with E-state index in [4.69, 9.17) is 0 Å². The van der Waals surface area contributed by atoms with E-state index in [-0.39, 0.29) is 0 Å². The summed E-state index contributed by atoms with van der Waals surface area (Å²) in [4.78, 5) is 5.78. The van der Waals surface area contributed by atoms with Crippen LogP contribution in [0, 0.1) is 19.8 Å². The number of hydrogen-bond acceptors (Lipinski definition) is 5. The Balaban J connectivity index is 1.89. The molecule has 2 heterocycles. The lowest BCUT2D eigenvalue weighted by Crippen LogP contribution is -2.39. The molecule has 1 fully saturated rings. The Morgan fingerprint density at radius 2 is 2.21 bits per heavy atom. The number of nitrogens with zero attached hydrogens (tertiary/aromatic N) is 2. The van der Waals surface area contributed by atoms with Gasteiger partial charge in [-0.05, 0) is 32.6 Å². The molecule has 1 saturated heterocycles. The van der Waals surface area contributed by atoms with Crippen molar-refractivity contribution >= 4 is 33.1 Å². The van der Waals surface area contributed by atoms with Gasteiger partial charge in [0.15, 0.2) is 0 Å². The summed E-state index contributed by atoms with van der Waals surface area (Å²) in [5, 5.41) is 0. The summed E-state index contributed by atoms with van der Waals surface area (Å²) >= 11 is 3.49. The topological polar surface area (TPSA) is 50.3 Å². The molecule has 1 aliphatic rings. The number of aryl methyl sites for hydroxylation is 2. The van der Waals surface area contributed by atoms with Gasteiger partial charge in [-0.1, -0.05) is 11.8 Å². The first-order valence-electron chi connectivity index (χ1n) is 6.38. The lowest BCUT2D eigenvalue weighted by atomic mass is 10.0. The van der Waals surface area contributed by atoms with Gasteiger partial charge in [0.05, 0.1) is 11.9 Å². The first-order chi connectivity index (χ1) is 8.86. The maximum atomic E-state index is 11.6. The van der Waals surface area contributed by atoms with Gasteiger partial charge in [-0.15, -0.1) is 11.3 Å². The summed E-state index contributed by atoms with van der Waals surface area (Å²) in [6.07, 6.45) is 3.38. The molecule has 0 radical (unpaired) electrons. The fourth-order valence-electron chi connectivity index (χ4n) is 2.16. The fraction of sp³-hybridized carbons (Fsp3) is 0.750. The first kappa shape index (κ1) is 15.3. The Bertz CT molecular complexity index is 520. The van der Waals surface area contributed by atoms with Gasteiger partial charge in [0, 0.05) is 23.7 Å². The normalized spacial score (nSPS) is 21.7. The summed E-state index contributed by atoms with van der Waals surface area (Å²) in [5.41, 5.74) is 1.11. The highest BCUT2D eigenvalue weighted by Crippen LogP contribution is 2.30. The molecule has 108 valence electrons. The van der Waals surface area contributed by atoms with Crippen molar-refractivity contribution in [3.05, 3.63) is 10.6 Å². The van der Waals surface area contributed by atoms with Crippen molar-refractivity contribution in [2.75, 3.05) is 25.1 Å². The third-order valence-electron chi connectivity index (χ3n) is 3.40. The number of thioether (sulfide) groups is 1. The highest BCUT2D eigenvalue weighted by Gasteiger charge is 2.26. The van der Waals surface area contributed by atoms with E-state index in [2.05, 4.69) is 11.9 Å². The van der Waals surface area contributed by atoms with Gasteiger partial charge in [-0.2, -0.15) is 0 Å². The summed E-state index contributed by atoms with van der Waals surface area (Å²) in [6.45, 7) is 5.45. The van der Waals surface area contributed by atoms with E-state index in [9.17, 15) is 8.42 Å². The molecule has 0 aromatic carbocycles. The van der Waals surface area contributed by atoms with Crippen LogP contribution in [0.5, 0.6) is 0 Å². The zero-order valence-corrected chi connectivity index (χ0v) is 14.0. The van der Waals surface area contributed by atoms with Crippen LogP contribution in [0.25, 0.3) is 0 Å². The predicted octanol–water partition coefficient (Wildman–Crippen LogP) is 2.52. The zero-order valence-electron chi connectivity index (χ0n) is 11.5. The summed E-state index contributed by atoms with van der Waals surface area (Å²) in [5.74, 6) is 1.40. The third kappa shape index (κ3) is 4.18. The van der Waals surface area contributed by atoms with Gasteiger partial charge in [-0.3, -0.25) is 0 Å². The molecule has 0 N–H and O–H groups in total. The van der Waals surface area contributed by atoms with Crippen LogP contribution in [-0.4, -0.2) is 42.8 Å². The highest BCUT2D eigenvalue weighted by molar-refractivity contribution is 8.01. The lowest BCUT2D eigenvalue weighted by molar-refractivity contribution is 0.286. The van der Waals surface area contributed by atoms with Crippen LogP contribution in [0.15, 0.2) is 4.34 Å². The fourth-order valence-corrected chi connectivity index (χ4v) is 5.41. The Morgan fingerprint density at radius 1 is 1.47 bits per heavy atom. The second kappa shape index (κ2) is 6.11.